The van der Waals surface area contributed by atoms with Crippen molar-refractivity contribution in [1.29, 1.82) is 0 Å². The number of fused-ring (bicyclic) bond motifs is 1. The Kier molecular flexibility index (Phi) is 3.73. The van der Waals surface area contributed by atoms with Crippen molar-refractivity contribution in [2.75, 3.05) is 0 Å². The highest BCUT2D eigenvalue weighted by atomic mass is 32.2. The highest BCUT2D eigenvalue weighted by molar-refractivity contribution is 7.98. The Morgan fingerprint density at radius 1 is 1.30 bits per heavy atom. The summed E-state index contributed by atoms with van der Waals surface area (Å²) in [4.78, 5) is 12.8. The van der Waals surface area contributed by atoms with Gasteiger partial charge >= 0.3 is 0 Å². The van der Waals surface area contributed by atoms with Crippen LogP contribution >= 0.6 is 11.8 Å². The summed E-state index contributed by atoms with van der Waals surface area (Å²) in [6.07, 6.45) is 8.83. The second-order valence-corrected chi connectivity index (χ2v) is 5.15. The molecular weight excluding hydrogens is 270 g/mol. The van der Waals surface area contributed by atoms with Gasteiger partial charge in [-0.25, -0.2) is 14.6 Å². The summed E-state index contributed by atoms with van der Waals surface area (Å²) in [5.41, 5.74) is 2.01. The van der Waals surface area contributed by atoms with Crippen LogP contribution in [0.25, 0.3) is 11.0 Å². The maximum Gasteiger partial charge on any atom is 0.162 e. The Labute approximate surface area is 120 Å². The molecule has 0 unspecified atom stereocenters. The lowest BCUT2D eigenvalue weighted by Crippen LogP contribution is -1.98. The molecule has 0 aliphatic rings. The number of allylic oxidation sites excluding steroid dienone is 1. The molecule has 0 saturated heterocycles. The highest BCUT2D eigenvalue weighted by Gasteiger charge is 2.09. The van der Waals surface area contributed by atoms with E-state index >= 15 is 0 Å². The van der Waals surface area contributed by atoms with Gasteiger partial charge in [-0.05, 0) is 11.6 Å². The number of nitrogens with zero attached hydrogens (tertiary/aromatic N) is 5. The second-order valence-electron chi connectivity index (χ2n) is 4.18. The summed E-state index contributed by atoms with van der Waals surface area (Å²) < 4.78 is 1.82. The van der Waals surface area contributed by atoms with Gasteiger partial charge < -0.3 is 0 Å². The summed E-state index contributed by atoms with van der Waals surface area (Å²) in [6.45, 7) is 4.37. The van der Waals surface area contributed by atoms with E-state index in [2.05, 4.69) is 32.7 Å². The molecule has 0 atom stereocenters. The van der Waals surface area contributed by atoms with Gasteiger partial charge in [-0.1, -0.05) is 12.1 Å². The van der Waals surface area contributed by atoms with Crippen LogP contribution < -0.4 is 0 Å². The average Bonchev–Trinajstić information content (AvgIpc) is 2.91. The molecule has 20 heavy (non-hydrogen) atoms. The largest absolute Gasteiger partial charge is 0.264 e. The maximum atomic E-state index is 4.35. The summed E-state index contributed by atoms with van der Waals surface area (Å²) in [5.74, 6) is 0.826. The molecule has 3 aromatic heterocycles. The number of hydrogen-bond donors (Lipinski definition) is 0. The molecule has 3 heterocycles. The lowest BCUT2D eigenvalue weighted by Gasteiger charge is -2.02. The highest BCUT2D eigenvalue weighted by Crippen LogP contribution is 2.26. The quantitative estimate of drug-likeness (QED) is 0.409. The molecule has 0 aromatic carbocycles. The SMILES string of the molecule is C=CCn1ncc2c(SCc3cccnc3)ncnc21. The van der Waals surface area contributed by atoms with Crippen molar-refractivity contribution >= 4 is 22.8 Å². The summed E-state index contributed by atoms with van der Waals surface area (Å²) in [7, 11) is 0. The third-order valence-corrected chi connectivity index (χ3v) is 3.87. The molecule has 3 rings (SSSR count). The number of thioether (sulfide) groups is 1. The van der Waals surface area contributed by atoms with Crippen LogP contribution in [0.5, 0.6) is 0 Å². The van der Waals surface area contributed by atoms with Crippen molar-refractivity contribution < 1.29 is 0 Å². The molecule has 0 N–H and O–H groups in total. The van der Waals surface area contributed by atoms with E-state index < -0.39 is 0 Å². The molecule has 0 amide bonds. The molecule has 3 aromatic rings. The van der Waals surface area contributed by atoms with Crippen molar-refractivity contribution in [3.8, 4) is 0 Å². The minimum absolute atomic E-state index is 0.646. The van der Waals surface area contributed by atoms with E-state index in [-0.39, 0.29) is 0 Å². The molecule has 0 aliphatic carbocycles. The van der Waals surface area contributed by atoms with Gasteiger partial charge in [0.2, 0.25) is 0 Å². The van der Waals surface area contributed by atoms with E-state index in [1.54, 1.807) is 30.4 Å². The minimum atomic E-state index is 0.646. The van der Waals surface area contributed by atoms with Gasteiger partial charge in [-0.3, -0.25) is 4.98 Å². The van der Waals surface area contributed by atoms with E-state index in [4.69, 9.17) is 0 Å². The zero-order chi connectivity index (χ0) is 13.8. The Bertz CT molecular complexity index is 723. The first-order chi connectivity index (χ1) is 9.88. The van der Waals surface area contributed by atoms with Gasteiger partial charge in [0.05, 0.1) is 18.1 Å². The fourth-order valence-corrected chi connectivity index (χ4v) is 2.77. The molecule has 0 aliphatic heterocycles. The van der Waals surface area contributed by atoms with Crippen molar-refractivity contribution in [3.63, 3.8) is 0 Å². The number of aromatic nitrogens is 5. The van der Waals surface area contributed by atoms with Crippen molar-refractivity contribution in [2.45, 2.75) is 17.3 Å². The topological polar surface area (TPSA) is 56.5 Å². The lowest BCUT2D eigenvalue weighted by molar-refractivity contribution is 0.719. The van der Waals surface area contributed by atoms with Gasteiger partial charge in [-0.2, -0.15) is 5.10 Å². The van der Waals surface area contributed by atoms with Gasteiger partial charge in [0, 0.05) is 18.1 Å². The molecule has 0 radical (unpaired) electrons. The molecule has 0 bridgehead atoms. The average molecular weight is 283 g/mol. The normalized spacial score (nSPS) is 10.8. The van der Waals surface area contributed by atoms with Crippen molar-refractivity contribution in [2.24, 2.45) is 0 Å². The molecule has 6 heteroatoms. The first-order valence-electron chi connectivity index (χ1n) is 6.17. The van der Waals surface area contributed by atoms with Gasteiger partial charge in [-0.15, -0.1) is 18.3 Å². The molecule has 0 fully saturated rings. The van der Waals surface area contributed by atoms with E-state index in [0.717, 1.165) is 21.8 Å². The van der Waals surface area contributed by atoms with Crippen LogP contribution in [0.1, 0.15) is 5.56 Å². The van der Waals surface area contributed by atoms with Crippen molar-refractivity contribution in [1.82, 2.24) is 24.7 Å². The Morgan fingerprint density at radius 3 is 3.05 bits per heavy atom. The second kappa shape index (κ2) is 5.83. The third kappa shape index (κ3) is 2.55. The fraction of sp³-hybridized carbons (Fsp3) is 0.143. The smallest absolute Gasteiger partial charge is 0.162 e. The van der Waals surface area contributed by atoms with Crippen LogP contribution in [-0.2, 0) is 12.3 Å². The molecule has 100 valence electrons. The van der Waals surface area contributed by atoms with E-state index in [0.29, 0.717) is 6.54 Å². The van der Waals surface area contributed by atoms with E-state index in [1.165, 1.54) is 5.56 Å². The predicted octanol–water partition coefficient (Wildman–Crippen LogP) is 2.70. The number of hydrogen-bond acceptors (Lipinski definition) is 5. The first kappa shape index (κ1) is 12.8. The van der Waals surface area contributed by atoms with Crippen LogP contribution in [0.15, 0.2) is 54.7 Å². The first-order valence-corrected chi connectivity index (χ1v) is 7.16. The monoisotopic (exact) mass is 283 g/mol. The number of rotatable bonds is 5. The van der Waals surface area contributed by atoms with Crippen LogP contribution in [-0.4, -0.2) is 24.7 Å². The Morgan fingerprint density at radius 2 is 2.25 bits per heavy atom. The molecule has 0 saturated carbocycles. The van der Waals surface area contributed by atoms with E-state index in [9.17, 15) is 0 Å². The van der Waals surface area contributed by atoms with Crippen LogP contribution in [0.3, 0.4) is 0 Å². The van der Waals surface area contributed by atoms with Gasteiger partial charge in [0.1, 0.15) is 11.4 Å². The van der Waals surface area contributed by atoms with E-state index in [1.807, 2.05) is 23.1 Å². The summed E-state index contributed by atoms with van der Waals surface area (Å²) >= 11 is 1.66. The Balaban J connectivity index is 1.86. The Hall–Kier alpha value is -2.21. The standard InChI is InChI=1S/C14H13N5S/c1-2-6-19-13-12(8-18-19)14(17-10-16-13)20-9-11-4-3-5-15-7-11/h2-5,7-8,10H,1,6,9H2. The van der Waals surface area contributed by atoms with Gasteiger partial charge in [0.25, 0.3) is 0 Å². The predicted molar refractivity (Wildman–Crippen MR) is 79.3 cm³/mol. The van der Waals surface area contributed by atoms with Gasteiger partial charge in [0.15, 0.2) is 5.65 Å². The molecule has 0 spiro atoms. The summed E-state index contributed by atoms with van der Waals surface area (Å²) in [5, 5.41) is 6.23. The summed E-state index contributed by atoms with van der Waals surface area (Å²) in [6, 6.07) is 3.99. The number of pyridine rings is 1. The zero-order valence-electron chi connectivity index (χ0n) is 10.8. The van der Waals surface area contributed by atoms with Crippen LogP contribution in [0.2, 0.25) is 0 Å². The fourth-order valence-electron chi connectivity index (χ4n) is 1.88. The van der Waals surface area contributed by atoms with Crippen LogP contribution in [0.4, 0.5) is 0 Å². The zero-order valence-corrected chi connectivity index (χ0v) is 11.6. The lowest BCUT2D eigenvalue weighted by atomic mass is 10.3. The maximum absolute atomic E-state index is 4.35. The minimum Gasteiger partial charge on any atom is -0.264 e. The third-order valence-electron chi connectivity index (χ3n) is 2.80. The molecule has 5 nitrogen and oxygen atoms in total. The van der Waals surface area contributed by atoms with Crippen LogP contribution in [0, 0.1) is 0 Å². The molecular formula is C14H13N5S. The van der Waals surface area contributed by atoms with Crippen molar-refractivity contribution in [3.05, 3.63) is 55.3 Å².